The molecule has 0 unspecified atom stereocenters. The number of anilines is 1. The summed E-state index contributed by atoms with van der Waals surface area (Å²) >= 11 is 0. The van der Waals surface area contributed by atoms with Crippen LogP contribution >= 0.6 is 0 Å². The van der Waals surface area contributed by atoms with Gasteiger partial charge in [0.05, 0.1) is 18.0 Å². The molecule has 4 rings (SSSR count). The number of sulfonamides is 1. The second kappa shape index (κ2) is 8.24. The number of hydrogen-bond donors (Lipinski definition) is 2. The fourth-order valence-electron chi connectivity index (χ4n) is 4.25. The Morgan fingerprint density at radius 1 is 1.13 bits per heavy atom. The third kappa shape index (κ3) is 4.65. The van der Waals surface area contributed by atoms with E-state index in [9.17, 15) is 13.2 Å². The normalized spacial score (nSPS) is 25.4. The Bertz CT molecular complexity index is 890. The molecule has 3 aliphatic rings. The third-order valence-electron chi connectivity index (χ3n) is 5.58. The van der Waals surface area contributed by atoms with Gasteiger partial charge in [0.2, 0.25) is 10.0 Å². The molecule has 2 N–H and O–H groups in total. The second-order valence-corrected chi connectivity index (χ2v) is 10.3. The quantitative estimate of drug-likeness (QED) is 0.729. The number of hydrogen-bond acceptors (Lipinski definition) is 6. The number of fused-ring (bicyclic) bond motifs is 1. The monoisotopic (exact) mass is 439 g/mol. The Morgan fingerprint density at radius 2 is 1.80 bits per heavy atom. The molecular weight excluding hydrogens is 410 g/mol. The Hall–Kier alpha value is -2.04. The maximum absolute atomic E-state index is 12.5. The van der Waals surface area contributed by atoms with Gasteiger partial charge in [0, 0.05) is 44.2 Å². The van der Waals surface area contributed by atoms with Crippen molar-refractivity contribution in [1.29, 1.82) is 0 Å². The molecule has 10 heteroatoms. The average molecular weight is 440 g/mol. The number of amides is 2. The zero-order valence-corrected chi connectivity index (χ0v) is 18.2. The van der Waals surface area contributed by atoms with Crippen molar-refractivity contribution in [1.82, 2.24) is 9.62 Å². The largest absolute Gasteiger partial charge is 0.448 e. The van der Waals surface area contributed by atoms with Crippen LogP contribution < -0.4 is 20.1 Å². The fraction of sp³-hybridized carbons (Fsp3) is 0.650. The summed E-state index contributed by atoms with van der Waals surface area (Å²) in [6, 6.07) is 4.78. The van der Waals surface area contributed by atoms with Crippen LogP contribution in [-0.2, 0) is 14.8 Å². The summed E-state index contributed by atoms with van der Waals surface area (Å²) in [6.45, 7) is 4.38. The third-order valence-corrected chi connectivity index (χ3v) is 7.39. The van der Waals surface area contributed by atoms with E-state index in [4.69, 9.17) is 14.2 Å². The minimum absolute atomic E-state index is 0.0158. The van der Waals surface area contributed by atoms with Gasteiger partial charge in [0.15, 0.2) is 11.5 Å². The topological polar surface area (TPSA) is 106 Å². The van der Waals surface area contributed by atoms with Gasteiger partial charge >= 0.3 is 6.03 Å². The second-order valence-electron chi connectivity index (χ2n) is 8.25. The Balaban J connectivity index is 1.27. The van der Waals surface area contributed by atoms with Gasteiger partial charge < -0.3 is 24.8 Å². The van der Waals surface area contributed by atoms with Crippen molar-refractivity contribution < 1.29 is 27.4 Å². The summed E-state index contributed by atoms with van der Waals surface area (Å²) in [6.07, 6.45) is 3.59. The smallest absolute Gasteiger partial charge is 0.319 e. The van der Waals surface area contributed by atoms with Crippen LogP contribution in [0.3, 0.4) is 0 Å². The molecular formula is C20H29N3O6S. The molecule has 2 heterocycles. The van der Waals surface area contributed by atoms with E-state index in [0.29, 0.717) is 30.3 Å². The van der Waals surface area contributed by atoms with Crippen LogP contribution in [0, 0.1) is 0 Å². The molecule has 0 bridgehead atoms. The van der Waals surface area contributed by atoms with E-state index in [1.165, 1.54) is 4.31 Å². The molecule has 2 aliphatic heterocycles. The van der Waals surface area contributed by atoms with Crippen LogP contribution in [0.1, 0.15) is 39.5 Å². The van der Waals surface area contributed by atoms with Crippen LogP contribution in [0.25, 0.3) is 0 Å². The van der Waals surface area contributed by atoms with Crippen LogP contribution in [0.5, 0.6) is 11.5 Å². The first-order valence-corrected chi connectivity index (χ1v) is 12.1. The van der Waals surface area contributed by atoms with Gasteiger partial charge in [0.25, 0.3) is 5.79 Å². The molecule has 1 saturated heterocycles. The molecule has 1 saturated carbocycles. The van der Waals surface area contributed by atoms with Gasteiger partial charge in [-0.15, -0.1) is 0 Å². The summed E-state index contributed by atoms with van der Waals surface area (Å²) in [5.74, 6) is 0.589. The molecule has 2 amide bonds. The molecule has 1 aromatic carbocycles. The van der Waals surface area contributed by atoms with E-state index in [2.05, 4.69) is 10.6 Å². The SMILES string of the molecule is C[C@@H]1CN(S(=O)(=O)CCNC(=O)Nc2ccc3c(c2)OC2(CCCC2)O3)C[C@H](C)O1. The highest BCUT2D eigenvalue weighted by Gasteiger charge is 2.44. The molecule has 1 spiro atoms. The fourth-order valence-corrected chi connectivity index (χ4v) is 5.74. The number of carbonyl (C=O) groups excluding carboxylic acids is 1. The molecule has 1 aromatic rings. The van der Waals surface area contributed by atoms with Crippen LogP contribution in [0.4, 0.5) is 10.5 Å². The van der Waals surface area contributed by atoms with Gasteiger partial charge in [-0.2, -0.15) is 4.31 Å². The molecule has 1 aliphatic carbocycles. The average Bonchev–Trinajstić information content (AvgIpc) is 3.26. The Labute approximate surface area is 177 Å². The van der Waals surface area contributed by atoms with Gasteiger partial charge in [0.1, 0.15) is 0 Å². The molecule has 166 valence electrons. The summed E-state index contributed by atoms with van der Waals surface area (Å²) in [7, 11) is -3.46. The first-order valence-electron chi connectivity index (χ1n) is 10.4. The maximum atomic E-state index is 12.5. The first kappa shape index (κ1) is 21.2. The van der Waals surface area contributed by atoms with Gasteiger partial charge in [-0.1, -0.05) is 0 Å². The first-order chi connectivity index (χ1) is 14.2. The summed E-state index contributed by atoms with van der Waals surface area (Å²) < 4.78 is 44.0. The Morgan fingerprint density at radius 3 is 2.50 bits per heavy atom. The lowest BCUT2D eigenvalue weighted by Gasteiger charge is -2.34. The van der Waals surface area contributed by atoms with Gasteiger partial charge in [-0.05, 0) is 38.8 Å². The zero-order valence-electron chi connectivity index (χ0n) is 17.3. The predicted octanol–water partition coefficient (Wildman–Crippen LogP) is 2.29. The number of benzene rings is 1. The van der Waals surface area contributed by atoms with Crippen molar-refractivity contribution in [2.24, 2.45) is 0 Å². The summed E-state index contributed by atoms with van der Waals surface area (Å²) in [5.41, 5.74) is 0.559. The molecule has 2 atom stereocenters. The number of carbonyl (C=O) groups is 1. The number of morpholine rings is 1. The molecule has 0 radical (unpaired) electrons. The van der Waals surface area contributed by atoms with Crippen LogP contribution in [-0.4, -0.2) is 62.1 Å². The lowest BCUT2D eigenvalue weighted by molar-refractivity contribution is -0.0716. The van der Waals surface area contributed by atoms with Crippen LogP contribution in [0.2, 0.25) is 0 Å². The lowest BCUT2D eigenvalue weighted by Crippen LogP contribution is -2.49. The lowest BCUT2D eigenvalue weighted by atomic mass is 10.2. The number of ether oxygens (including phenoxy) is 3. The maximum Gasteiger partial charge on any atom is 0.319 e. The minimum atomic E-state index is -3.46. The molecule has 0 aromatic heterocycles. The summed E-state index contributed by atoms with van der Waals surface area (Å²) in [4.78, 5) is 12.2. The highest BCUT2D eigenvalue weighted by Crippen LogP contribution is 2.47. The standard InChI is InChI=1S/C20H29N3O6S/c1-14-12-23(13-15(2)27-14)30(25,26)10-9-21-19(24)22-16-5-6-17-18(11-16)29-20(28-17)7-3-4-8-20/h5-6,11,14-15H,3-4,7-10,12-13H2,1-2H3,(H2,21,22,24)/t14-,15+. The summed E-state index contributed by atoms with van der Waals surface area (Å²) in [5, 5.41) is 5.32. The molecule has 30 heavy (non-hydrogen) atoms. The Kier molecular flexibility index (Phi) is 5.82. The van der Waals surface area contributed by atoms with E-state index >= 15 is 0 Å². The van der Waals surface area contributed by atoms with Crippen molar-refractivity contribution in [3.63, 3.8) is 0 Å². The number of nitrogens with zero attached hydrogens (tertiary/aromatic N) is 1. The van der Waals surface area contributed by atoms with E-state index < -0.39 is 21.8 Å². The van der Waals surface area contributed by atoms with Gasteiger partial charge in [-0.3, -0.25) is 0 Å². The van der Waals surface area contributed by atoms with Gasteiger partial charge in [-0.25, -0.2) is 13.2 Å². The van der Waals surface area contributed by atoms with Crippen molar-refractivity contribution in [2.75, 3.05) is 30.7 Å². The van der Waals surface area contributed by atoms with Crippen LogP contribution in [0.15, 0.2) is 18.2 Å². The van der Waals surface area contributed by atoms with Crippen molar-refractivity contribution in [3.8, 4) is 11.5 Å². The predicted molar refractivity (Wildman–Crippen MR) is 111 cm³/mol. The highest BCUT2D eigenvalue weighted by molar-refractivity contribution is 7.89. The van der Waals surface area contributed by atoms with E-state index in [1.54, 1.807) is 18.2 Å². The van der Waals surface area contributed by atoms with Crippen molar-refractivity contribution in [3.05, 3.63) is 18.2 Å². The zero-order chi connectivity index (χ0) is 21.4. The van der Waals surface area contributed by atoms with Crippen molar-refractivity contribution in [2.45, 2.75) is 57.5 Å². The number of urea groups is 1. The molecule has 2 fully saturated rings. The van der Waals surface area contributed by atoms with E-state index in [1.807, 2.05) is 13.8 Å². The number of nitrogens with one attached hydrogen (secondary N) is 2. The molecule has 9 nitrogen and oxygen atoms in total. The highest BCUT2D eigenvalue weighted by atomic mass is 32.2. The van der Waals surface area contributed by atoms with E-state index in [-0.39, 0.29) is 24.5 Å². The minimum Gasteiger partial charge on any atom is -0.448 e. The van der Waals surface area contributed by atoms with E-state index in [0.717, 1.165) is 25.7 Å². The number of rotatable bonds is 5. The van der Waals surface area contributed by atoms with Crippen molar-refractivity contribution >= 4 is 21.7 Å².